The van der Waals surface area contributed by atoms with E-state index in [2.05, 4.69) is 20.8 Å². The van der Waals surface area contributed by atoms with Gasteiger partial charge >= 0.3 is 0 Å². The van der Waals surface area contributed by atoms with Gasteiger partial charge in [-0.1, -0.05) is 32.9 Å². The molecular formula is C14H17NO. The maximum atomic E-state index is 11.5. The largest absolute Gasteiger partial charge is 0.277 e. The zero-order valence-electron chi connectivity index (χ0n) is 10.5. The van der Waals surface area contributed by atoms with Crippen molar-refractivity contribution in [1.29, 1.82) is 5.26 Å². The van der Waals surface area contributed by atoms with Gasteiger partial charge in [0.1, 0.15) is 6.07 Å². The summed E-state index contributed by atoms with van der Waals surface area (Å²) < 4.78 is 0. The standard InChI is InChI=1S/C14H17NO/c1-9-6-11(14(3,4)5)7-10(2)13(9)12(16)8-15/h6-7H,1-5H3. The Kier molecular flexibility index (Phi) is 3.19. The van der Waals surface area contributed by atoms with Crippen molar-refractivity contribution < 1.29 is 4.79 Å². The second kappa shape index (κ2) is 4.09. The first-order chi connectivity index (χ1) is 7.27. The predicted molar refractivity (Wildman–Crippen MR) is 64.6 cm³/mol. The van der Waals surface area contributed by atoms with E-state index in [0.29, 0.717) is 5.56 Å². The molecule has 0 aliphatic rings. The van der Waals surface area contributed by atoms with Crippen molar-refractivity contribution in [2.24, 2.45) is 0 Å². The van der Waals surface area contributed by atoms with Crippen LogP contribution in [0.25, 0.3) is 0 Å². The molecule has 0 saturated heterocycles. The zero-order valence-corrected chi connectivity index (χ0v) is 10.5. The fraction of sp³-hybridized carbons (Fsp3) is 0.429. The fourth-order valence-electron chi connectivity index (χ4n) is 1.81. The van der Waals surface area contributed by atoms with Gasteiger partial charge in [0.25, 0.3) is 5.78 Å². The Hall–Kier alpha value is -1.62. The second-order valence-electron chi connectivity index (χ2n) is 5.18. The lowest BCUT2D eigenvalue weighted by Crippen LogP contribution is -2.13. The number of carbonyl (C=O) groups excluding carboxylic acids is 1. The number of Topliss-reactive ketones (excluding diaryl/α,β-unsaturated/α-hetero) is 1. The minimum atomic E-state index is -0.449. The molecule has 1 rings (SSSR count). The third-order valence-electron chi connectivity index (χ3n) is 2.73. The fourth-order valence-corrected chi connectivity index (χ4v) is 1.81. The minimum absolute atomic E-state index is 0.0593. The average Bonchev–Trinajstić information content (AvgIpc) is 2.14. The summed E-state index contributed by atoms with van der Waals surface area (Å²) in [6.45, 7) is 10.2. The molecule has 0 aromatic heterocycles. The van der Waals surface area contributed by atoms with E-state index >= 15 is 0 Å². The molecule has 0 aliphatic heterocycles. The summed E-state index contributed by atoms with van der Waals surface area (Å²) in [5, 5.41) is 8.67. The Bertz CT molecular complexity index is 449. The molecule has 0 fully saturated rings. The SMILES string of the molecule is Cc1cc(C(C)(C)C)cc(C)c1C(=O)C#N. The van der Waals surface area contributed by atoms with Crippen molar-refractivity contribution in [3.63, 3.8) is 0 Å². The minimum Gasteiger partial charge on any atom is -0.277 e. The second-order valence-corrected chi connectivity index (χ2v) is 5.18. The van der Waals surface area contributed by atoms with Gasteiger partial charge in [-0.2, -0.15) is 5.26 Å². The van der Waals surface area contributed by atoms with Crippen LogP contribution in [0.4, 0.5) is 0 Å². The molecule has 0 saturated carbocycles. The van der Waals surface area contributed by atoms with Crippen molar-refractivity contribution in [1.82, 2.24) is 0 Å². The molecule has 0 heterocycles. The van der Waals surface area contributed by atoms with Crippen molar-refractivity contribution in [2.75, 3.05) is 0 Å². The van der Waals surface area contributed by atoms with Crippen LogP contribution in [0.1, 0.15) is 47.8 Å². The molecule has 0 amide bonds. The number of hydrogen-bond donors (Lipinski definition) is 0. The Labute approximate surface area is 96.9 Å². The zero-order chi connectivity index (χ0) is 12.5. The van der Waals surface area contributed by atoms with Crippen molar-refractivity contribution in [3.05, 3.63) is 34.4 Å². The first-order valence-electron chi connectivity index (χ1n) is 5.33. The molecule has 1 aromatic rings. The lowest BCUT2D eigenvalue weighted by atomic mass is 9.83. The normalized spacial score (nSPS) is 11.0. The molecule has 2 nitrogen and oxygen atoms in total. The highest BCUT2D eigenvalue weighted by Gasteiger charge is 2.18. The number of carbonyl (C=O) groups is 1. The lowest BCUT2D eigenvalue weighted by molar-refractivity contribution is 0.105. The van der Waals surface area contributed by atoms with E-state index in [-0.39, 0.29) is 5.41 Å². The van der Waals surface area contributed by atoms with Crippen LogP contribution in [0.2, 0.25) is 0 Å². The molecular weight excluding hydrogens is 198 g/mol. The molecule has 16 heavy (non-hydrogen) atoms. The van der Waals surface area contributed by atoms with Crippen LogP contribution in [0.15, 0.2) is 12.1 Å². The van der Waals surface area contributed by atoms with Gasteiger partial charge in [0, 0.05) is 5.56 Å². The molecule has 2 heteroatoms. The van der Waals surface area contributed by atoms with Gasteiger partial charge in [-0.3, -0.25) is 4.79 Å². The molecule has 0 spiro atoms. The van der Waals surface area contributed by atoms with Crippen LogP contribution in [0, 0.1) is 25.2 Å². The van der Waals surface area contributed by atoms with E-state index in [1.54, 1.807) is 6.07 Å². The van der Waals surface area contributed by atoms with E-state index < -0.39 is 5.78 Å². The Morgan fingerprint density at radius 2 is 1.62 bits per heavy atom. The van der Waals surface area contributed by atoms with E-state index in [0.717, 1.165) is 11.1 Å². The maximum absolute atomic E-state index is 11.5. The number of nitriles is 1. The number of rotatable bonds is 1. The topological polar surface area (TPSA) is 40.9 Å². The number of aryl methyl sites for hydroxylation is 2. The third-order valence-corrected chi connectivity index (χ3v) is 2.73. The number of hydrogen-bond acceptors (Lipinski definition) is 2. The van der Waals surface area contributed by atoms with Crippen LogP contribution in [-0.4, -0.2) is 5.78 Å². The van der Waals surface area contributed by atoms with Gasteiger partial charge in [-0.15, -0.1) is 0 Å². The Morgan fingerprint density at radius 3 is 1.94 bits per heavy atom. The smallest absolute Gasteiger partial charge is 0.262 e. The molecule has 1 aromatic carbocycles. The molecule has 0 N–H and O–H groups in total. The highest BCUT2D eigenvalue weighted by Crippen LogP contribution is 2.26. The monoisotopic (exact) mass is 215 g/mol. The molecule has 0 aliphatic carbocycles. The highest BCUT2D eigenvalue weighted by molar-refractivity contribution is 6.09. The van der Waals surface area contributed by atoms with Gasteiger partial charge < -0.3 is 0 Å². The summed E-state index contributed by atoms with van der Waals surface area (Å²) in [7, 11) is 0. The van der Waals surface area contributed by atoms with Gasteiger partial charge in [0.15, 0.2) is 0 Å². The first-order valence-corrected chi connectivity index (χ1v) is 5.33. The predicted octanol–water partition coefficient (Wildman–Crippen LogP) is 3.31. The molecule has 0 atom stereocenters. The van der Waals surface area contributed by atoms with Crippen LogP contribution in [-0.2, 0) is 5.41 Å². The lowest BCUT2D eigenvalue weighted by Gasteiger charge is -2.21. The number of benzene rings is 1. The summed E-state index contributed by atoms with van der Waals surface area (Å²) >= 11 is 0. The number of nitrogens with zero attached hydrogens (tertiary/aromatic N) is 1. The van der Waals surface area contributed by atoms with Gasteiger partial charge in [-0.25, -0.2) is 0 Å². The van der Waals surface area contributed by atoms with E-state index in [1.165, 1.54) is 5.56 Å². The molecule has 0 bridgehead atoms. The quantitative estimate of drug-likeness (QED) is 0.532. The molecule has 0 unspecified atom stereocenters. The van der Waals surface area contributed by atoms with Gasteiger partial charge in [-0.05, 0) is 36.0 Å². The van der Waals surface area contributed by atoms with Gasteiger partial charge in [0.05, 0.1) is 0 Å². The van der Waals surface area contributed by atoms with Gasteiger partial charge in [0.2, 0.25) is 0 Å². The molecule has 84 valence electrons. The summed E-state index contributed by atoms with van der Waals surface area (Å²) in [6.07, 6.45) is 0. The average molecular weight is 215 g/mol. The van der Waals surface area contributed by atoms with Crippen LogP contribution < -0.4 is 0 Å². The van der Waals surface area contributed by atoms with Crippen LogP contribution in [0.3, 0.4) is 0 Å². The van der Waals surface area contributed by atoms with E-state index in [9.17, 15) is 4.79 Å². The number of ketones is 1. The van der Waals surface area contributed by atoms with Crippen LogP contribution in [0.5, 0.6) is 0 Å². The maximum Gasteiger partial charge on any atom is 0.262 e. The Morgan fingerprint density at radius 1 is 1.19 bits per heavy atom. The highest BCUT2D eigenvalue weighted by atomic mass is 16.1. The third kappa shape index (κ3) is 2.30. The summed E-state index contributed by atoms with van der Waals surface area (Å²) in [4.78, 5) is 11.5. The summed E-state index contributed by atoms with van der Waals surface area (Å²) in [5.41, 5.74) is 3.57. The van der Waals surface area contributed by atoms with E-state index in [4.69, 9.17) is 5.26 Å². The van der Waals surface area contributed by atoms with Crippen LogP contribution >= 0.6 is 0 Å². The van der Waals surface area contributed by atoms with E-state index in [1.807, 2.05) is 26.0 Å². The summed E-state index contributed by atoms with van der Waals surface area (Å²) in [5.74, 6) is -0.449. The summed E-state index contributed by atoms with van der Waals surface area (Å²) in [6, 6.07) is 5.68. The first kappa shape index (κ1) is 12.4. The van der Waals surface area contributed by atoms with Crippen molar-refractivity contribution >= 4 is 5.78 Å². The van der Waals surface area contributed by atoms with Crippen molar-refractivity contribution in [2.45, 2.75) is 40.0 Å². The molecule has 0 radical (unpaired) electrons. The van der Waals surface area contributed by atoms with Crippen molar-refractivity contribution in [3.8, 4) is 6.07 Å². The Balaban J connectivity index is 3.41.